The number of rotatable bonds is 3. The van der Waals surface area contributed by atoms with E-state index in [4.69, 9.17) is 5.26 Å². The molecule has 0 saturated carbocycles. The van der Waals surface area contributed by atoms with Crippen LogP contribution < -0.4 is 0 Å². The monoisotopic (exact) mass is 196 g/mol. The predicted octanol–water partition coefficient (Wildman–Crippen LogP) is 1.71. The van der Waals surface area contributed by atoms with E-state index in [1.807, 2.05) is 0 Å². The zero-order chi connectivity index (χ0) is 9.52. The molecule has 13 heavy (non-hydrogen) atoms. The van der Waals surface area contributed by atoms with Crippen LogP contribution in [0.25, 0.3) is 0 Å². The molecule has 3 heteroatoms. The van der Waals surface area contributed by atoms with Gasteiger partial charge in [-0.15, -0.1) is 0 Å². The summed E-state index contributed by atoms with van der Waals surface area (Å²) in [6, 6.07) is 2.33. The molecule has 0 aromatic carbocycles. The highest BCUT2D eigenvalue weighted by atomic mass is 32.1. The Morgan fingerprint density at radius 1 is 1.38 bits per heavy atom. The Balaban J connectivity index is 2.18. The van der Waals surface area contributed by atoms with Gasteiger partial charge in [-0.3, -0.25) is 4.90 Å². The van der Waals surface area contributed by atoms with Gasteiger partial charge in [0.25, 0.3) is 0 Å². The summed E-state index contributed by atoms with van der Waals surface area (Å²) in [5, 5.41) is 8.70. The van der Waals surface area contributed by atoms with E-state index in [1.54, 1.807) is 0 Å². The molecule has 0 bridgehead atoms. The minimum atomic E-state index is 0.296. The summed E-state index contributed by atoms with van der Waals surface area (Å²) >= 11 is 4.10. The molecule has 1 aliphatic rings. The lowest BCUT2D eigenvalue weighted by Gasteiger charge is -2.27. The van der Waals surface area contributed by atoms with Gasteiger partial charge >= 0.3 is 0 Å². The van der Waals surface area contributed by atoms with Crippen molar-refractivity contribution in [2.75, 3.05) is 25.4 Å². The number of likely N-dealkylation sites (tertiary alicyclic amines) is 1. The van der Waals surface area contributed by atoms with E-state index in [0.29, 0.717) is 5.92 Å². The van der Waals surface area contributed by atoms with E-state index < -0.39 is 0 Å². The van der Waals surface area contributed by atoms with E-state index in [0.717, 1.165) is 38.2 Å². The van der Waals surface area contributed by atoms with Crippen molar-refractivity contribution in [3.8, 4) is 6.07 Å². The van der Waals surface area contributed by atoms with E-state index >= 15 is 0 Å². The average Bonchev–Trinajstić information content (AvgIpc) is 2.19. The van der Waals surface area contributed by atoms with Crippen molar-refractivity contribution < 1.29 is 0 Å². The van der Waals surface area contributed by atoms with Gasteiger partial charge in [-0.1, -0.05) is 12.2 Å². The first kappa shape index (κ1) is 10.6. The lowest BCUT2D eigenvalue weighted by molar-refractivity contribution is 0.225. The highest BCUT2D eigenvalue weighted by molar-refractivity contribution is 7.80. The zero-order valence-corrected chi connectivity index (χ0v) is 8.71. The first-order valence-electron chi connectivity index (χ1n) is 4.74. The zero-order valence-electron chi connectivity index (χ0n) is 7.82. The van der Waals surface area contributed by atoms with Crippen LogP contribution in [0, 0.1) is 17.2 Å². The number of nitrogens with zero attached hydrogens (tertiary/aromatic N) is 2. The molecule has 0 radical (unpaired) electrons. The Hall–Kier alpha value is -0.460. The van der Waals surface area contributed by atoms with E-state index in [-0.39, 0.29) is 0 Å². The van der Waals surface area contributed by atoms with Crippen LogP contribution in [0.1, 0.15) is 12.8 Å². The second kappa shape index (κ2) is 6.06. The molecule has 0 unspecified atom stereocenters. The Kier molecular flexibility index (Phi) is 4.95. The second-order valence-electron chi connectivity index (χ2n) is 3.36. The fraction of sp³-hybridized carbons (Fsp3) is 0.700. The normalized spacial score (nSPS) is 20.6. The van der Waals surface area contributed by atoms with Gasteiger partial charge in [-0.25, -0.2) is 0 Å². The predicted molar refractivity (Wildman–Crippen MR) is 57.8 cm³/mol. The molecule has 1 saturated heterocycles. The first-order valence-corrected chi connectivity index (χ1v) is 5.38. The minimum absolute atomic E-state index is 0.296. The van der Waals surface area contributed by atoms with Crippen molar-refractivity contribution in [1.29, 1.82) is 5.26 Å². The lowest BCUT2D eigenvalue weighted by atomic mass is 9.99. The molecule has 0 aromatic rings. The lowest BCUT2D eigenvalue weighted by Crippen LogP contribution is -2.33. The summed E-state index contributed by atoms with van der Waals surface area (Å²) in [6.45, 7) is 3.14. The summed E-state index contributed by atoms with van der Waals surface area (Å²) < 4.78 is 0. The van der Waals surface area contributed by atoms with E-state index in [2.05, 4.69) is 35.7 Å². The molecule has 2 nitrogen and oxygen atoms in total. The molecule has 0 spiro atoms. The van der Waals surface area contributed by atoms with Gasteiger partial charge < -0.3 is 0 Å². The maximum atomic E-state index is 8.70. The molecular weight excluding hydrogens is 180 g/mol. The average molecular weight is 196 g/mol. The standard InChI is InChI=1S/C10H16N2S/c11-9-10-3-6-12(7-4-10)5-1-2-8-13/h1-2,10,13H,3-8H2/b2-1+. The molecule has 1 rings (SSSR count). The summed E-state index contributed by atoms with van der Waals surface area (Å²) in [6.07, 6.45) is 6.29. The third-order valence-corrected chi connectivity index (χ3v) is 2.62. The van der Waals surface area contributed by atoms with Crippen molar-refractivity contribution in [3.63, 3.8) is 0 Å². The molecule has 0 aliphatic carbocycles. The fourth-order valence-electron chi connectivity index (χ4n) is 1.54. The van der Waals surface area contributed by atoms with Crippen LogP contribution in [0.3, 0.4) is 0 Å². The smallest absolute Gasteiger partial charge is 0.0656 e. The van der Waals surface area contributed by atoms with Crippen LogP contribution in [0.5, 0.6) is 0 Å². The number of hydrogen-bond donors (Lipinski definition) is 1. The van der Waals surface area contributed by atoms with Crippen LogP contribution in [0.4, 0.5) is 0 Å². The Bertz CT molecular complexity index is 199. The van der Waals surface area contributed by atoms with Crippen LogP contribution in [0.2, 0.25) is 0 Å². The highest BCUT2D eigenvalue weighted by Gasteiger charge is 2.16. The summed E-state index contributed by atoms with van der Waals surface area (Å²) in [5.41, 5.74) is 0. The minimum Gasteiger partial charge on any atom is -0.300 e. The largest absolute Gasteiger partial charge is 0.300 e. The van der Waals surface area contributed by atoms with Crippen LogP contribution in [-0.4, -0.2) is 30.3 Å². The van der Waals surface area contributed by atoms with Gasteiger partial charge in [0, 0.05) is 18.2 Å². The number of nitriles is 1. The van der Waals surface area contributed by atoms with Gasteiger partial charge in [0.05, 0.1) is 6.07 Å². The molecule has 1 fully saturated rings. The van der Waals surface area contributed by atoms with Crippen LogP contribution in [0.15, 0.2) is 12.2 Å². The Morgan fingerprint density at radius 2 is 2.08 bits per heavy atom. The van der Waals surface area contributed by atoms with E-state index in [9.17, 15) is 0 Å². The fourth-order valence-corrected chi connectivity index (χ4v) is 1.69. The van der Waals surface area contributed by atoms with Gasteiger partial charge in [0.1, 0.15) is 0 Å². The molecule has 1 heterocycles. The van der Waals surface area contributed by atoms with Gasteiger partial charge in [0.15, 0.2) is 0 Å². The van der Waals surface area contributed by atoms with Crippen molar-refractivity contribution in [2.45, 2.75) is 12.8 Å². The molecule has 1 aliphatic heterocycles. The molecule has 0 amide bonds. The maximum absolute atomic E-state index is 8.70. The topological polar surface area (TPSA) is 27.0 Å². The van der Waals surface area contributed by atoms with Crippen molar-refractivity contribution >= 4 is 12.6 Å². The molecule has 0 atom stereocenters. The van der Waals surface area contributed by atoms with Gasteiger partial charge in [0.2, 0.25) is 0 Å². The van der Waals surface area contributed by atoms with Crippen LogP contribution in [-0.2, 0) is 0 Å². The Labute approximate surface area is 85.6 Å². The SMILES string of the molecule is N#CC1CCN(C/C=C/CS)CC1. The molecule has 0 N–H and O–H groups in total. The Morgan fingerprint density at radius 3 is 2.62 bits per heavy atom. The van der Waals surface area contributed by atoms with Gasteiger partial charge in [-0.2, -0.15) is 17.9 Å². The molecule has 0 aromatic heterocycles. The number of piperidine rings is 1. The first-order chi connectivity index (χ1) is 6.36. The third-order valence-electron chi connectivity index (χ3n) is 2.41. The highest BCUT2D eigenvalue weighted by Crippen LogP contribution is 2.15. The summed E-state index contributed by atoms with van der Waals surface area (Å²) in [4.78, 5) is 2.38. The van der Waals surface area contributed by atoms with E-state index in [1.165, 1.54) is 0 Å². The molecule has 72 valence electrons. The second-order valence-corrected chi connectivity index (χ2v) is 3.72. The maximum Gasteiger partial charge on any atom is 0.0656 e. The van der Waals surface area contributed by atoms with Crippen LogP contribution >= 0.6 is 12.6 Å². The summed E-state index contributed by atoms with van der Waals surface area (Å²) in [5.74, 6) is 1.11. The third kappa shape index (κ3) is 3.84. The number of hydrogen-bond acceptors (Lipinski definition) is 3. The van der Waals surface area contributed by atoms with Crippen molar-refractivity contribution in [2.24, 2.45) is 5.92 Å². The van der Waals surface area contributed by atoms with Crippen molar-refractivity contribution in [3.05, 3.63) is 12.2 Å². The molecular formula is C10H16N2S. The quantitative estimate of drug-likeness (QED) is 0.549. The summed E-state index contributed by atoms with van der Waals surface area (Å²) in [7, 11) is 0. The van der Waals surface area contributed by atoms with Crippen molar-refractivity contribution in [1.82, 2.24) is 4.90 Å². The number of thiol groups is 1. The van der Waals surface area contributed by atoms with Gasteiger partial charge in [-0.05, 0) is 25.9 Å².